The lowest BCUT2D eigenvalue weighted by molar-refractivity contribution is -0.149. The summed E-state index contributed by atoms with van der Waals surface area (Å²) >= 11 is 0. The van der Waals surface area contributed by atoms with Crippen LogP contribution in [-0.4, -0.2) is 29.6 Å². The second kappa shape index (κ2) is 5.53. The van der Waals surface area contributed by atoms with E-state index < -0.39 is 17.3 Å². The molecule has 0 bridgehead atoms. The third-order valence-corrected chi connectivity index (χ3v) is 3.46. The minimum atomic E-state index is -1.20. The first kappa shape index (κ1) is 14.4. The summed E-state index contributed by atoms with van der Waals surface area (Å²) in [6, 6.07) is 7.40. The summed E-state index contributed by atoms with van der Waals surface area (Å²) in [6.45, 7) is 4.08. The van der Waals surface area contributed by atoms with Crippen molar-refractivity contribution in [2.24, 2.45) is 5.41 Å². The van der Waals surface area contributed by atoms with Gasteiger partial charge < -0.3 is 15.2 Å². The predicted octanol–water partition coefficient (Wildman–Crippen LogP) is 1.74. The molecule has 0 radical (unpaired) electrons. The van der Waals surface area contributed by atoms with Gasteiger partial charge in [0.15, 0.2) is 0 Å². The summed E-state index contributed by atoms with van der Waals surface area (Å²) in [7, 11) is 0. The van der Waals surface area contributed by atoms with Crippen LogP contribution in [-0.2, 0) is 9.59 Å². The van der Waals surface area contributed by atoms with Crippen LogP contribution in [0, 0.1) is 12.3 Å². The number of ether oxygens (including phenoxy) is 1. The number of nitrogens with one attached hydrogen (secondary N) is 1. The molecular formula is C15H19NO4. The Kier molecular flexibility index (Phi) is 3.97. The van der Waals surface area contributed by atoms with Gasteiger partial charge in [-0.15, -0.1) is 0 Å². The Morgan fingerprint density at radius 3 is 2.70 bits per heavy atom. The van der Waals surface area contributed by atoms with Crippen LogP contribution in [0.4, 0.5) is 0 Å². The fourth-order valence-electron chi connectivity index (χ4n) is 1.99. The highest BCUT2D eigenvalue weighted by Crippen LogP contribution is 2.46. The number of hydrogen-bond donors (Lipinski definition) is 2. The van der Waals surface area contributed by atoms with Gasteiger partial charge in [-0.05, 0) is 44.4 Å². The van der Waals surface area contributed by atoms with E-state index in [1.165, 1.54) is 0 Å². The van der Waals surface area contributed by atoms with Crippen molar-refractivity contribution in [3.63, 3.8) is 0 Å². The van der Waals surface area contributed by atoms with Gasteiger partial charge in [0.2, 0.25) is 5.91 Å². The zero-order chi connectivity index (χ0) is 14.8. The highest BCUT2D eigenvalue weighted by Gasteiger charge is 2.57. The summed E-state index contributed by atoms with van der Waals surface area (Å²) in [5, 5.41) is 11.7. The van der Waals surface area contributed by atoms with Crippen LogP contribution in [0.1, 0.15) is 25.3 Å². The van der Waals surface area contributed by atoms with Crippen LogP contribution in [0.25, 0.3) is 0 Å². The molecule has 0 spiro atoms. The number of carbonyl (C=O) groups excluding carboxylic acids is 1. The van der Waals surface area contributed by atoms with Crippen LogP contribution in [0.2, 0.25) is 0 Å². The van der Waals surface area contributed by atoms with Gasteiger partial charge in [0.25, 0.3) is 0 Å². The molecule has 1 unspecified atom stereocenters. The van der Waals surface area contributed by atoms with Crippen LogP contribution in [0.3, 0.4) is 0 Å². The number of carboxylic acids is 1. The summed E-state index contributed by atoms with van der Waals surface area (Å²) in [4.78, 5) is 22.9. The molecule has 1 saturated carbocycles. The smallest absolute Gasteiger partial charge is 0.319 e. The van der Waals surface area contributed by atoms with Gasteiger partial charge in [-0.2, -0.15) is 0 Å². The molecular weight excluding hydrogens is 258 g/mol. The quantitative estimate of drug-likeness (QED) is 0.777. The van der Waals surface area contributed by atoms with E-state index in [-0.39, 0.29) is 6.04 Å². The molecule has 1 fully saturated rings. The molecule has 1 aromatic carbocycles. The van der Waals surface area contributed by atoms with E-state index in [9.17, 15) is 9.59 Å². The van der Waals surface area contributed by atoms with Gasteiger partial charge in [0, 0.05) is 0 Å². The van der Waals surface area contributed by atoms with E-state index >= 15 is 0 Å². The van der Waals surface area contributed by atoms with Crippen LogP contribution < -0.4 is 10.1 Å². The van der Waals surface area contributed by atoms with E-state index in [4.69, 9.17) is 9.84 Å². The van der Waals surface area contributed by atoms with Crippen molar-refractivity contribution in [1.82, 2.24) is 5.32 Å². The van der Waals surface area contributed by atoms with Crippen molar-refractivity contribution < 1.29 is 19.4 Å². The van der Waals surface area contributed by atoms with Gasteiger partial charge in [-0.1, -0.05) is 12.1 Å². The molecule has 0 aliphatic heterocycles. The average Bonchev–Trinajstić information content (AvgIpc) is 3.18. The molecule has 1 amide bonds. The zero-order valence-electron chi connectivity index (χ0n) is 11.7. The Morgan fingerprint density at radius 2 is 2.15 bits per heavy atom. The van der Waals surface area contributed by atoms with Gasteiger partial charge >= 0.3 is 5.97 Å². The molecule has 0 aromatic heterocycles. The lowest BCUT2D eigenvalue weighted by Gasteiger charge is -2.17. The molecule has 0 heterocycles. The SMILES string of the molecule is Cc1cccc(OCC(C)NC(=O)C2(C(=O)O)CC2)c1. The first-order valence-corrected chi connectivity index (χ1v) is 6.68. The lowest BCUT2D eigenvalue weighted by atomic mass is 10.1. The topological polar surface area (TPSA) is 75.6 Å². The highest BCUT2D eigenvalue weighted by molar-refractivity contribution is 6.04. The molecule has 0 saturated heterocycles. The van der Waals surface area contributed by atoms with Gasteiger partial charge in [0.05, 0.1) is 6.04 Å². The molecule has 5 nitrogen and oxygen atoms in total. The number of amides is 1. The number of aryl methyl sites for hydroxylation is 1. The molecule has 20 heavy (non-hydrogen) atoms. The highest BCUT2D eigenvalue weighted by atomic mass is 16.5. The first-order chi connectivity index (χ1) is 9.44. The van der Waals surface area contributed by atoms with Crippen molar-refractivity contribution in [3.8, 4) is 5.75 Å². The molecule has 5 heteroatoms. The molecule has 108 valence electrons. The predicted molar refractivity (Wildman–Crippen MR) is 73.6 cm³/mol. The number of benzene rings is 1. The summed E-state index contributed by atoms with van der Waals surface area (Å²) in [5.74, 6) is -0.711. The third kappa shape index (κ3) is 3.10. The summed E-state index contributed by atoms with van der Waals surface area (Å²) in [6.07, 6.45) is 0.833. The second-order valence-electron chi connectivity index (χ2n) is 5.39. The molecule has 1 aliphatic carbocycles. The molecule has 1 atom stereocenters. The van der Waals surface area contributed by atoms with Gasteiger partial charge in [-0.3, -0.25) is 9.59 Å². The van der Waals surface area contributed by atoms with E-state index in [0.717, 1.165) is 11.3 Å². The van der Waals surface area contributed by atoms with Gasteiger partial charge in [-0.25, -0.2) is 0 Å². The fourth-order valence-corrected chi connectivity index (χ4v) is 1.99. The Balaban J connectivity index is 1.83. The van der Waals surface area contributed by atoms with Crippen molar-refractivity contribution >= 4 is 11.9 Å². The monoisotopic (exact) mass is 277 g/mol. The number of carbonyl (C=O) groups is 2. The first-order valence-electron chi connectivity index (χ1n) is 6.68. The van der Waals surface area contributed by atoms with Gasteiger partial charge in [0.1, 0.15) is 17.8 Å². The maximum absolute atomic E-state index is 11.9. The average molecular weight is 277 g/mol. The van der Waals surface area contributed by atoms with Crippen molar-refractivity contribution in [2.45, 2.75) is 32.7 Å². The van der Waals surface area contributed by atoms with Crippen molar-refractivity contribution in [3.05, 3.63) is 29.8 Å². The number of carboxylic acid groups (broad SMARTS) is 1. The van der Waals surface area contributed by atoms with E-state index in [0.29, 0.717) is 19.4 Å². The largest absolute Gasteiger partial charge is 0.491 e. The minimum Gasteiger partial charge on any atom is -0.491 e. The number of aliphatic carboxylic acids is 1. The third-order valence-electron chi connectivity index (χ3n) is 3.46. The molecule has 2 rings (SSSR count). The lowest BCUT2D eigenvalue weighted by Crippen LogP contribution is -2.43. The van der Waals surface area contributed by atoms with E-state index in [1.54, 1.807) is 6.92 Å². The maximum atomic E-state index is 11.9. The van der Waals surface area contributed by atoms with Crippen molar-refractivity contribution in [1.29, 1.82) is 0 Å². The van der Waals surface area contributed by atoms with Crippen molar-refractivity contribution in [2.75, 3.05) is 6.61 Å². The fraction of sp³-hybridized carbons (Fsp3) is 0.467. The number of rotatable bonds is 6. The van der Waals surface area contributed by atoms with E-state index in [1.807, 2.05) is 31.2 Å². The zero-order valence-corrected chi connectivity index (χ0v) is 11.7. The normalized spacial score (nSPS) is 17.1. The number of hydrogen-bond acceptors (Lipinski definition) is 3. The Bertz CT molecular complexity index is 522. The minimum absolute atomic E-state index is 0.236. The maximum Gasteiger partial charge on any atom is 0.319 e. The second-order valence-corrected chi connectivity index (χ2v) is 5.39. The summed E-state index contributed by atoms with van der Waals surface area (Å²) < 4.78 is 5.58. The molecule has 1 aromatic rings. The molecule has 2 N–H and O–H groups in total. The van der Waals surface area contributed by atoms with E-state index in [2.05, 4.69) is 5.32 Å². The Hall–Kier alpha value is -2.04. The molecule has 1 aliphatic rings. The van der Waals surface area contributed by atoms with Crippen LogP contribution in [0.15, 0.2) is 24.3 Å². The van der Waals surface area contributed by atoms with Crippen LogP contribution in [0.5, 0.6) is 5.75 Å². The summed E-state index contributed by atoms with van der Waals surface area (Å²) in [5.41, 5.74) is -0.0978. The Morgan fingerprint density at radius 1 is 1.45 bits per heavy atom. The standard InChI is InChI=1S/C15H19NO4/c1-10-4-3-5-12(8-10)20-9-11(2)16-13(17)15(6-7-15)14(18)19/h3-5,8,11H,6-7,9H2,1-2H3,(H,16,17)(H,18,19). The van der Waals surface area contributed by atoms with Crippen LogP contribution >= 0.6 is 0 Å². The Labute approximate surface area is 117 Å².